The first-order valence-corrected chi connectivity index (χ1v) is 7.47. The fourth-order valence-corrected chi connectivity index (χ4v) is 2.41. The Hall–Kier alpha value is -2.06. The monoisotopic (exact) mass is 281 g/mol. The molecule has 110 valence electrons. The third kappa shape index (κ3) is 5.44. The summed E-state index contributed by atoms with van der Waals surface area (Å²) in [6, 6.07) is 19.2. The Balaban J connectivity index is 1.72. The Kier molecular flexibility index (Phi) is 6.04. The molecule has 0 amide bonds. The fraction of sp³-hybridized carbons (Fsp3) is 0.263. The maximum Gasteiger partial charge on any atom is 0.0348 e. The summed E-state index contributed by atoms with van der Waals surface area (Å²) in [7, 11) is 0. The van der Waals surface area contributed by atoms with Gasteiger partial charge in [-0.3, -0.25) is 10.7 Å². The molecule has 0 aliphatic rings. The second-order valence-corrected chi connectivity index (χ2v) is 5.40. The molecular weight excluding hydrogens is 258 g/mol. The van der Waals surface area contributed by atoms with Gasteiger partial charge in [-0.25, -0.2) is 0 Å². The Morgan fingerprint density at radius 2 is 1.33 bits per heavy atom. The number of unbranched alkanes of at least 4 members (excludes halogenated alkanes) is 1. The van der Waals surface area contributed by atoms with Gasteiger partial charge < -0.3 is 0 Å². The molecule has 0 spiro atoms. The van der Waals surface area contributed by atoms with Gasteiger partial charge in [0.05, 0.1) is 0 Å². The lowest BCUT2D eigenvalue weighted by molar-refractivity contribution is 0.198. The molecule has 2 N–H and O–H groups in total. The summed E-state index contributed by atoms with van der Waals surface area (Å²) in [5, 5.41) is 8.74. The van der Waals surface area contributed by atoms with Gasteiger partial charge in [-0.1, -0.05) is 61.2 Å². The summed E-state index contributed by atoms with van der Waals surface area (Å²) >= 11 is 0. The molecule has 0 aliphatic heterocycles. The van der Waals surface area contributed by atoms with E-state index in [9.17, 15) is 0 Å². The van der Waals surface area contributed by atoms with Crippen molar-refractivity contribution >= 4 is 0 Å². The number of rotatable bonds is 8. The van der Waals surface area contributed by atoms with Crippen LogP contribution in [-0.4, -0.2) is 5.21 Å². The minimum absolute atomic E-state index is 0.616. The molecule has 2 rings (SSSR count). The maximum atomic E-state index is 8.74. The number of benzene rings is 2. The van der Waals surface area contributed by atoms with Gasteiger partial charge in [-0.15, -0.1) is 0 Å². The van der Waals surface area contributed by atoms with Crippen LogP contribution in [0.25, 0.3) is 0 Å². The molecule has 0 saturated heterocycles. The SMILES string of the molecule is C=C(Cc1ccc(CCCCc2ccccc2)cc1)NO. The van der Waals surface area contributed by atoms with E-state index in [1.807, 2.05) is 0 Å². The second kappa shape index (κ2) is 8.28. The van der Waals surface area contributed by atoms with E-state index in [1.165, 1.54) is 24.0 Å². The van der Waals surface area contributed by atoms with E-state index < -0.39 is 0 Å². The number of hydrogen-bond donors (Lipinski definition) is 2. The number of nitrogens with one attached hydrogen (secondary N) is 1. The summed E-state index contributed by atoms with van der Waals surface area (Å²) in [5.74, 6) is 0. The standard InChI is InChI=1S/C19H23NO/c1-16(20-21)15-19-13-11-18(12-14-19)10-6-5-9-17-7-3-2-4-8-17/h2-4,7-8,11-14,20-21H,1,5-6,9-10,15H2. The Morgan fingerprint density at radius 1 is 0.810 bits per heavy atom. The predicted molar refractivity (Wildman–Crippen MR) is 87.3 cm³/mol. The molecule has 0 atom stereocenters. The van der Waals surface area contributed by atoms with Crippen LogP contribution in [0.2, 0.25) is 0 Å². The van der Waals surface area contributed by atoms with Gasteiger partial charge in [0.15, 0.2) is 0 Å². The molecular formula is C19H23NO. The van der Waals surface area contributed by atoms with Crippen LogP contribution in [0.4, 0.5) is 0 Å². The summed E-state index contributed by atoms with van der Waals surface area (Å²) in [6.45, 7) is 3.72. The summed E-state index contributed by atoms with van der Waals surface area (Å²) in [4.78, 5) is 0. The van der Waals surface area contributed by atoms with Gasteiger partial charge in [0.1, 0.15) is 0 Å². The average Bonchev–Trinajstić information content (AvgIpc) is 2.54. The molecule has 0 aromatic heterocycles. The van der Waals surface area contributed by atoms with E-state index in [4.69, 9.17) is 5.21 Å². The Labute approximate surface area is 127 Å². The van der Waals surface area contributed by atoms with Crippen LogP contribution >= 0.6 is 0 Å². The zero-order valence-corrected chi connectivity index (χ0v) is 12.4. The molecule has 2 heteroatoms. The van der Waals surface area contributed by atoms with E-state index in [-0.39, 0.29) is 0 Å². The number of allylic oxidation sites excluding steroid dienone is 1. The van der Waals surface area contributed by atoms with Crippen molar-refractivity contribution in [2.75, 3.05) is 0 Å². The predicted octanol–water partition coefficient (Wildman–Crippen LogP) is 4.29. The summed E-state index contributed by atoms with van der Waals surface area (Å²) < 4.78 is 0. The molecule has 0 heterocycles. The second-order valence-electron chi connectivity index (χ2n) is 5.40. The highest BCUT2D eigenvalue weighted by molar-refractivity contribution is 5.25. The normalized spacial score (nSPS) is 10.3. The van der Waals surface area contributed by atoms with Gasteiger partial charge in [0.2, 0.25) is 0 Å². The van der Waals surface area contributed by atoms with Gasteiger partial charge in [-0.2, -0.15) is 0 Å². The molecule has 0 aliphatic carbocycles. The van der Waals surface area contributed by atoms with Crippen molar-refractivity contribution in [2.24, 2.45) is 0 Å². The van der Waals surface area contributed by atoms with E-state index in [2.05, 4.69) is 66.7 Å². The van der Waals surface area contributed by atoms with Crippen molar-refractivity contribution in [3.05, 3.63) is 83.6 Å². The number of hydrogen-bond acceptors (Lipinski definition) is 2. The average molecular weight is 281 g/mol. The van der Waals surface area contributed by atoms with Crippen molar-refractivity contribution in [3.8, 4) is 0 Å². The quantitative estimate of drug-likeness (QED) is 0.559. The Morgan fingerprint density at radius 3 is 1.90 bits per heavy atom. The van der Waals surface area contributed by atoms with Crippen LogP contribution in [0.3, 0.4) is 0 Å². The summed E-state index contributed by atoms with van der Waals surface area (Å²) in [6.07, 6.45) is 5.36. The van der Waals surface area contributed by atoms with Crippen LogP contribution in [0.5, 0.6) is 0 Å². The smallest absolute Gasteiger partial charge is 0.0348 e. The first kappa shape index (κ1) is 15.3. The lowest BCUT2D eigenvalue weighted by Crippen LogP contribution is -2.07. The number of aryl methyl sites for hydroxylation is 2. The Bertz CT molecular complexity index is 546. The lowest BCUT2D eigenvalue weighted by Gasteiger charge is -2.06. The third-order valence-electron chi connectivity index (χ3n) is 3.62. The molecule has 0 radical (unpaired) electrons. The molecule has 2 aromatic carbocycles. The molecule has 2 nitrogen and oxygen atoms in total. The minimum atomic E-state index is 0.616. The highest BCUT2D eigenvalue weighted by Gasteiger charge is 1.98. The molecule has 2 aromatic rings. The molecule has 21 heavy (non-hydrogen) atoms. The van der Waals surface area contributed by atoms with E-state index >= 15 is 0 Å². The van der Waals surface area contributed by atoms with Crippen LogP contribution < -0.4 is 5.48 Å². The van der Waals surface area contributed by atoms with Crippen LogP contribution in [-0.2, 0) is 19.3 Å². The highest BCUT2D eigenvalue weighted by atomic mass is 16.5. The maximum absolute atomic E-state index is 8.74. The minimum Gasteiger partial charge on any atom is -0.291 e. The van der Waals surface area contributed by atoms with Crippen LogP contribution in [0.1, 0.15) is 29.5 Å². The largest absolute Gasteiger partial charge is 0.291 e. The first-order chi connectivity index (χ1) is 10.3. The van der Waals surface area contributed by atoms with Gasteiger partial charge in [-0.05, 0) is 42.4 Å². The van der Waals surface area contributed by atoms with E-state index in [0.29, 0.717) is 12.1 Å². The van der Waals surface area contributed by atoms with Gasteiger partial charge in [0, 0.05) is 12.1 Å². The van der Waals surface area contributed by atoms with Crippen molar-refractivity contribution < 1.29 is 5.21 Å². The molecule has 0 bridgehead atoms. The van der Waals surface area contributed by atoms with Crippen LogP contribution in [0, 0.1) is 0 Å². The fourth-order valence-electron chi connectivity index (χ4n) is 2.41. The molecule has 0 saturated carbocycles. The topological polar surface area (TPSA) is 32.3 Å². The summed E-state index contributed by atoms with van der Waals surface area (Å²) in [5.41, 5.74) is 6.66. The first-order valence-electron chi connectivity index (χ1n) is 7.47. The number of hydroxylamine groups is 1. The zero-order valence-electron chi connectivity index (χ0n) is 12.4. The lowest BCUT2D eigenvalue weighted by atomic mass is 10.0. The van der Waals surface area contributed by atoms with Crippen molar-refractivity contribution in [1.82, 2.24) is 5.48 Å². The highest BCUT2D eigenvalue weighted by Crippen LogP contribution is 2.12. The third-order valence-corrected chi connectivity index (χ3v) is 3.62. The van der Waals surface area contributed by atoms with Gasteiger partial charge >= 0.3 is 0 Å². The molecule has 0 fully saturated rings. The van der Waals surface area contributed by atoms with E-state index in [0.717, 1.165) is 18.4 Å². The van der Waals surface area contributed by atoms with Crippen molar-refractivity contribution in [1.29, 1.82) is 0 Å². The molecule has 0 unspecified atom stereocenters. The van der Waals surface area contributed by atoms with Crippen molar-refractivity contribution in [3.63, 3.8) is 0 Å². The zero-order chi connectivity index (χ0) is 14.9. The van der Waals surface area contributed by atoms with Gasteiger partial charge in [0.25, 0.3) is 0 Å². The van der Waals surface area contributed by atoms with Crippen LogP contribution in [0.15, 0.2) is 66.9 Å². The van der Waals surface area contributed by atoms with E-state index in [1.54, 1.807) is 0 Å². The van der Waals surface area contributed by atoms with Crippen molar-refractivity contribution in [2.45, 2.75) is 32.1 Å².